The minimum atomic E-state index is -0.130. The van der Waals surface area contributed by atoms with Crippen LogP contribution in [0.15, 0.2) is 40.8 Å². The smallest absolute Gasteiger partial charge is 0.263 e. The van der Waals surface area contributed by atoms with Crippen molar-refractivity contribution in [2.45, 2.75) is 39.4 Å². The van der Waals surface area contributed by atoms with E-state index in [-0.39, 0.29) is 17.2 Å². The standard InChI is InChI=1S/C21H23N3O2S2/c1-6-9-24-20(26)18-14(4)15(5)28-19(18)23-21(24)27-11-17(25)22-16-8-7-12(2)10-13(16)3/h6-8,10H,1,9,11H2,2-5H3,(H,22,25). The summed E-state index contributed by atoms with van der Waals surface area (Å²) in [6.07, 6.45) is 1.67. The number of nitrogens with one attached hydrogen (secondary N) is 1. The summed E-state index contributed by atoms with van der Waals surface area (Å²) in [4.78, 5) is 31.9. The number of anilines is 1. The van der Waals surface area contributed by atoms with Crippen molar-refractivity contribution in [3.8, 4) is 0 Å². The van der Waals surface area contributed by atoms with E-state index in [2.05, 4.69) is 16.9 Å². The number of aryl methyl sites for hydroxylation is 4. The lowest BCUT2D eigenvalue weighted by Crippen LogP contribution is -2.23. The number of rotatable bonds is 6. The van der Waals surface area contributed by atoms with E-state index in [0.29, 0.717) is 17.1 Å². The molecule has 1 aromatic carbocycles. The van der Waals surface area contributed by atoms with Crippen LogP contribution in [0.3, 0.4) is 0 Å². The van der Waals surface area contributed by atoms with E-state index in [1.54, 1.807) is 10.6 Å². The second kappa shape index (κ2) is 8.32. The molecule has 0 aliphatic heterocycles. The van der Waals surface area contributed by atoms with E-state index < -0.39 is 0 Å². The quantitative estimate of drug-likeness (QED) is 0.364. The summed E-state index contributed by atoms with van der Waals surface area (Å²) in [5.74, 6) is 0.0427. The Bertz CT molecular complexity index is 1130. The highest BCUT2D eigenvalue weighted by Gasteiger charge is 2.17. The maximum Gasteiger partial charge on any atom is 0.263 e. The van der Waals surface area contributed by atoms with Crippen molar-refractivity contribution in [1.29, 1.82) is 0 Å². The fourth-order valence-electron chi connectivity index (χ4n) is 2.98. The summed E-state index contributed by atoms with van der Waals surface area (Å²) in [7, 11) is 0. The van der Waals surface area contributed by atoms with E-state index in [0.717, 1.165) is 32.1 Å². The van der Waals surface area contributed by atoms with Gasteiger partial charge in [-0.25, -0.2) is 4.98 Å². The largest absolute Gasteiger partial charge is 0.325 e. The molecule has 0 aliphatic rings. The Hall–Kier alpha value is -2.38. The van der Waals surface area contributed by atoms with Crippen LogP contribution in [-0.4, -0.2) is 21.2 Å². The van der Waals surface area contributed by atoms with Crippen LogP contribution in [0.4, 0.5) is 5.69 Å². The fraction of sp³-hybridized carbons (Fsp3) is 0.286. The maximum atomic E-state index is 13.0. The predicted molar refractivity (Wildman–Crippen MR) is 119 cm³/mol. The van der Waals surface area contributed by atoms with Crippen molar-refractivity contribution in [3.63, 3.8) is 0 Å². The first-order chi connectivity index (χ1) is 13.3. The number of hydrogen-bond donors (Lipinski definition) is 1. The summed E-state index contributed by atoms with van der Waals surface area (Å²) >= 11 is 2.78. The molecule has 1 N–H and O–H groups in total. The van der Waals surface area contributed by atoms with Crippen molar-refractivity contribution in [3.05, 3.63) is 62.8 Å². The summed E-state index contributed by atoms with van der Waals surface area (Å²) in [5, 5.41) is 4.13. The van der Waals surface area contributed by atoms with Crippen LogP contribution in [0.1, 0.15) is 21.6 Å². The van der Waals surface area contributed by atoms with Crippen LogP contribution < -0.4 is 10.9 Å². The summed E-state index contributed by atoms with van der Waals surface area (Å²) in [6.45, 7) is 12.0. The van der Waals surface area contributed by atoms with Crippen LogP contribution in [0.5, 0.6) is 0 Å². The SMILES string of the molecule is C=CCn1c(SCC(=O)Nc2ccc(C)cc2C)nc2sc(C)c(C)c2c1=O. The molecule has 5 nitrogen and oxygen atoms in total. The van der Waals surface area contributed by atoms with Crippen LogP contribution in [0.2, 0.25) is 0 Å². The van der Waals surface area contributed by atoms with Gasteiger partial charge >= 0.3 is 0 Å². The van der Waals surface area contributed by atoms with Crippen LogP contribution in [-0.2, 0) is 11.3 Å². The van der Waals surface area contributed by atoms with Gasteiger partial charge in [-0.15, -0.1) is 17.9 Å². The van der Waals surface area contributed by atoms with Gasteiger partial charge in [0.05, 0.1) is 11.1 Å². The first-order valence-electron chi connectivity index (χ1n) is 8.93. The normalized spacial score (nSPS) is 11.0. The molecule has 0 radical (unpaired) electrons. The first-order valence-corrected chi connectivity index (χ1v) is 10.7. The van der Waals surface area contributed by atoms with Crippen molar-refractivity contribution in [2.75, 3.05) is 11.1 Å². The minimum absolute atomic E-state index is 0.0796. The van der Waals surface area contributed by atoms with Gasteiger partial charge in [0, 0.05) is 17.1 Å². The van der Waals surface area contributed by atoms with Crippen molar-refractivity contribution >= 4 is 44.9 Å². The van der Waals surface area contributed by atoms with Gasteiger partial charge < -0.3 is 5.32 Å². The lowest BCUT2D eigenvalue weighted by atomic mass is 10.1. The molecule has 7 heteroatoms. The third kappa shape index (κ3) is 4.05. The number of thiophene rings is 1. The van der Waals surface area contributed by atoms with Gasteiger partial charge in [0.15, 0.2) is 5.16 Å². The summed E-state index contributed by atoms with van der Waals surface area (Å²) in [5.41, 5.74) is 3.86. The number of amides is 1. The number of allylic oxidation sites excluding steroid dienone is 1. The topological polar surface area (TPSA) is 64.0 Å². The zero-order valence-corrected chi connectivity index (χ0v) is 18.1. The average molecular weight is 414 g/mol. The molecule has 0 fully saturated rings. The van der Waals surface area contributed by atoms with E-state index >= 15 is 0 Å². The number of aromatic nitrogens is 2. The molecular formula is C21H23N3O2S2. The lowest BCUT2D eigenvalue weighted by Gasteiger charge is -2.11. The minimum Gasteiger partial charge on any atom is -0.325 e. The molecule has 2 aromatic heterocycles. The second-order valence-electron chi connectivity index (χ2n) is 6.72. The average Bonchev–Trinajstić information content (AvgIpc) is 2.92. The Morgan fingerprint density at radius 3 is 2.75 bits per heavy atom. The Labute approximate surface area is 172 Å². The molecule has 0 spiro atoms. The third-order valence-electron chi connectivity index (χ3n) is 4.55. The van der Waals surface area contributed by atoms with Gasteiger partial charge in [-0.05, 0) is 44.9 Å². The summed E-state index contributed by atoms with van der Waals surface area (Å²) in [6, 6.07) is 5.90. The predicted octanol–water partition coefficient (Wildman–Crippen LogP) is 4.61. The van der Waals surface area contributed by atoms with Gasteiger partial charge in [0.25, 0.3) is 5.56 Å². The van der Waals surface area contributed by atoms with Crippen molar-refractivity contribution in [1.82, 2.24) is 9.55 Å². The maximum absolute atomic E-state index is 13.0. The van der Waals surface area contributed by atoms with Gasteiger partial charge in [-0.3, -0.25) is 14.2 Å². The molecule has 0 bridgehead atoms. The fourth-order valence-corrected chi connectivity index (χ4v) is 4.86. The number of carbonyl (C=O) groups excluding carboxylic acids is 1. The molecule has 0 aliphatic carbocycles. The Kier molecular flexibility index (Phi) is 6.05. The summed E-state index contributed by atoms with van der Waals surface area (Å²) < 4.78 is 1.59. The highest BCUT2D eigenvalue weighted by atomic mass is 32.2. The van der Waals surface area contributed by atoms with Gasteiger partial charge in [0.1, 0.15) is 4.83 Å². The molecule has 146 valence electrons. The number of carbonyl (C=O) groups is 1. The van der Waals surface area contributed by atoms with E-state index in [1.165, 1.54) is 23.1 Å². The Balaban J connectivity index is 1.85. The Morgan fingerprint density at radius 2 is 2.07 bits per heavy atom. The lowest BCUT2D eigenvalue weighted by molar-refractivity contribution is -0.113. The number of nitrogens with zero attached hydrogens (tertiary/aromatic N) is 2. The van der Waals surface area contributed by atoms with Crippen LogP contribution >= 0.6 is 23.1 Å². The molecule has 1 amide bonds. The van der Waals surface area contributed by atoms with Crippen LogP contribution in [0, 0.1) is 27.7 Å². The first kappa shape index (κ1) is 20.4. The van der Waals surface area contributed by atoms with E-state index in [9.17, 15) is 9.59 Å². The van der Waals surface area contributed by atoms with Gasteiger partial charge in [0.2, 0.25) is 5.91 Å². The molecule has 0 saturated carbocycles. The van der Waals surface area contributed by atoms with Gasteiger partial charge in [-0.2, -0.15) is 0 Å². The van der Waals surface area contributed by atoms with E-state index in [4.69, 9.17) is 0 Å². The molecule has 0 atom stereocenters. The van der Waals surface area contributed by atoms with Crippen molar-refractivity contribution in [2.24, 2.45) is 0 Å². The van der Waals surface area contributed by atoms with Crippen LogP contribution in [0.25, 0.3) is 10.2 Å². The van der Waals surface area contributed by atoms with Crippen molar-refractivity contribution < 1.29 is 4.79 Å². The highest BCUT2D eigenvalue weighted by molar-refractivity contribution is 7.99. The number of hydrogen-bond acceptors (Lipinski definition) is 5. The molecule has 3 aromatic rings. The molecule has 0 unspecified atom stereocenters. The highest BCUT2D eigenvalue weighted by Crippen LogP contribution is 2.28. The third-order valence-corrected chi connectivity index (χ3v) is 6.63. The molecule has 28 heavy (non-hydrogen) atoms. The number of fused-ring (bicyclic) bond motifs is 1. The van der Waals surface area contributed by atoms with E-state index in [1.807, 2.05) is 45.9 Å². The van der Waals surface area contributed by atoms with Gasteiger partial charge in [-0.1, -0.05) is 35.5 Å². The number of thioether (sulfide) groups is 1. The molecule has 0 saturated heterocycles. The molecular weight excluding hydrogens is 390 g/mol. The monoisotopic (exact) mass is 413 g/mol. The Morgan fingerprint density at radius 1 is 1.32 bits per heavy atom. The zero-order chi connectivity index (χ0) is 20.4. The molecule has 3 rings (SSSR count). The number of benzene rings is 1. The second-order valence-corrected chi connectivity index (χ2v) is 8.86. The molecule has 2 heterocycles. The zero-order valence-electron chi connectivity index (χ0n) is 16.5.